The average molecular weight is 417 g/mol. The van der Waals surface area contributed by atoms with Crippen LogP contribution in [0, 0.1) is 0 Å². The van der Waals surface area contributed by atoms with Crippen molar-refractivity contribution in [2.75, 3.05) is 0 Å². The summed E-state index contributed by atoms with van der Waals surface area (Å²) >= 11 is 0. The Labute approximate surface area is 179 Å². The molecule has 0 unspecified atom stereocenters. The number of nitrogens with one attached hydrogen (secondary N) is 1. The Morgan fingerprint density at radius 3 is 2.55 bits per heavy atom. The number of carbonyl (C=O) groups is 1. The van der Waals surface area contributed by atoms with Crippen LogP contribution in [-0.2, 0) is 24.2 Å². The van der Waals surface area contributed by atoms with Gasteiger partial charge in [0.15, 0.2) is 5.82 Å². The molecule has 0 spiro atoms. The van der Waals surface area contributed by atoms with Gasteiger partial charge in [-0.2, -0.15) is 10.3 Å². The Kier molecular flexibility index (Phi) is 6.11. The fourth-order valence-corrected chi connectivity index (χ4v) is 3.45. The molecule has 0 saturated carbocycles. The molecule has 158 valence electrons. The van der Waals surface area contributed by atoms with E-state index in [1.807, 2.05) is 41.1 Å². The molecule has 9 nitrogen and oxygen atoms in total. The first-order valence-electron chi connectivity index (χ1n) is 10.2. The summed E-state index contributed by atoms with van der Waals surface area (Å²) in [5, 5.41) is 27.8. The molecule has 4 rings (SSSR count). The van der Waals surface area contributed by atoms with Crippen LogP contribution in [-0.4, -0.2) is 46.5 Å². The van der Waals surface area contributed by atoms with Crippen LogP contribution in [0.2, 0.25) is 0 Å². The number of tetrazole rings is 1. The number of carboxylic acid groups (broad SMARTS) is 1. The summed E-state index contributed by atoms with van der Waals surface area (Å²) in [7, 11) is 0. The number of carboxylic acids is 1. The number of hydrogen-bond donors (Lipinski definition) is 2. The van der Waals surface area contributed by atoms with Gasteiger partial charge < -0.3 is 5.11 Å². The van der Waals surface area contributed by atoms with Gasteiger partial charge in [-0.05, 0) is 28.3 Å². The van der Waals surface area contributed by atoms with Gasteiger partial charge in [0, 0.05) is 12.0 Å². The number of aryl methyl sites for hydroxylation is 1. The van der Waals surface area contributed by atoms with Crippen LogP contribution in [0.25, 0.3) is 22.5 Å². The number of H-pyrrole nitrogens is 1. The normalized spacial score (nSPS) is 11.0. The first kappa shape index (κ1) is 20.4. The van der Waals surface area contributed by atoms with Gasteiger partial charge in [0.2, 0.25) is 5.82 Å². The van der Waals surface area contributed by atoms with E-state index in [0.717, 1.165) is 47.3 Å². The molecule has 9 heteroatoms. The molecule has 0 aliphatic carbocycles. The smallest absolute Gasteiger partial charge is 0.311 e. The van der Waals surface area contributed by atoms with E-state index in [2.05, 4.69) is 49.8 Å². The van der Waals surface area contributed by atoms with E-state index >= 15 is 0 Å². The fourth-order valence-electron chi connectivity index (χ4n) is 3.45. The number of unbranched alkanes of at least 4 members (excludes halogenated alkanes) is 1. The molecular weight excluding hydrogens is 394 g/mol. The average Bonchev–Trinajstić information content (AvgIpc) is 3.43. The van der Waals surface area contributed by atoms with Crippen LogP contribution in [0.1, 0.15) is 37.0 Å². The summed E-state index contributed by atoms with van der Waals surface area (Å²) in [6.45, 7) is 2.66. The molecule has 2 aromatic carbocycles. The Bertz CT molecular complexity index is 1150. The zero-order valence-corrected chi connectivity index (χ0v) is 17.2. The monoisotopic (exact) mass is 417 g/mol. The van der Waals surface area contributed by atoms with Crippen molar-refractivity contribution in [1.82, 2.24) is 35.4 Å². The van der Waals surface area contributed by atoms with Crippen LogP contribution in [0.4, 0.5) is 0 Å². The van der Waals surface area contributed by atoms with E-state index in [1.54, 1.807) is 0 Å². The topological polar surface area (TPSA) is 122 Å². The summed E-state index contributed by atoms with van der Waals surface area (Å²) in [5.74, 6) is 0.798. The zero-order valence-electron chi connectivity index (χ0n) is 17.2. The SMILES string of the molecule is CCCCc1nc(CC(=O)O)nn1Cc1ccc(-c2ccccc2-c2nn[nH]n2)cc1. The van der Waals surface area contributed by atoms with E-state index in [9.17, 15) is 4.79 Å². The summed E-state index contributed by atoms with van der Waals surface area (Å²) < 4.78 is 1.82. The Hall–Kier alpha value is -3.88. The molecule has 4 aromatic rings. The number of aromatic nitrogens is 7. The number of rotatable bonds is 9. The maximum atomic E-state index is 11.0. The van der Waals surface area contributed by atoms with Crippen molar-refractivity contribution in [2.24, 2.45) is 0 Å². The molecule has 0 saturated heterocycles. The minimum absolute atomic E-state index is 0.169. The molecule has 2 N–H and O–H groups in total. The van der Waals surface area contributed by atoms with Gasteiger partial charge in [-0.3, -0.25) is 4.79 Å². The standard InChI is InChI=1S/C22H23N7O2/c1-2-3-8-20-23-19(13-21(30)31)26-29(20)14-15-9-11-16(12-10-15)17-6-4-5-7-18(17)22-24-27-28-25-22/h4-7,9-12H,2-3,8,13-14H2,1H3,(H,30,31)(H,24,25,27,28). The van der Waals surface area contributed by atoms with Gasteiger partial charge in [0.1, 0.15) is 12.2 Å². The Balaban J connectivity index is 1.57. The maximum Gasteiger partial charge on any atom is 0.311 e. The second-order valence-electron chi connectivity index (χ2n) is 7.25. The number of nitrogens with zero attached hydrogens (tertiary/aromatic N) is 6. The lowest BCUT2D eigenvalue weighted by atomic mass is 9.98. The third kappa shape index (κ3) is 4.82. The third-order valence-corrected chi connectivity index (χ3v) is 4.97. The van der Waals surface area contributed by atoms with Crippen LogP contribution < -0.4 is 0 Å². The molecule has 31 heavy (non-hydrogen) atoms. The maximum absolute atomic E-state index is 11.0. The molecule has 0 fully saturated rings. The predicted molar refractivity (Wildman–Crippen MR) is 114 cm³/mol. The highest BCUT2D eigenvalue weighted by Crippen LogP contribution is 2.29. The van der Waals surface area contributed by atoms with Crippen molar-refractivity contribution < 1.29 is 9.90 Å². The molecule has 0 amide bonds. The molecule has 0 aliphatic heterocycles. The lowest BCUT2D eigenvalue weighted by molar-refractivity contribution is -0.136. The molecule has 2 aromatic heterocycles. The van der Waals surface area contributed by atoms with Crippen molar-refractivity contribution in [2.45, 2.75) is 39.2 Å². The van der Waals surface area contributed by atoms with Crippen molar-refractivity contribution >= 4 is 5.97 Å². The zero-order chi connectivity index (χ0) is 21.6. The molecule has 2 heterocycles. The summed E-state index contributed by atoms with van der Waals surface area (Å²) in [5.41, 5.74) is 4.02. The van der Waals surface area contributed by atoms with Gasteiger partial charge >= 0.3 is 5.97 Å². The van der Waals surface area contributed by atoms with Gasteiger partial charge in [-0.15, -0.1) is 10.2 Å². The lowest BCUT2D eigenvalue weighted by Crippen LogP contribution is -2.08. The Morgan fingerprint density at radius 1 is 1.10 bits per heavy atom. The summed E-state index contributed by atoms with van der Waals surface area (Å²) in [4.78, 5) is 15.5. The first-order valence-corrected chi connectivity index (χ1v) is 10.2. The molecule has 0 bridgehead atoms. The van der Waals surface area contributed by atoms with Gasteiger partial charge in [-0.25, -0.2) is 9.67 Å². The second kappa shape index (κ2) is 9.29. The van der Waals surface area contributed by atoms with E-state index in [-0.39, 0.29) is 6.42 Å². The third-order valence-electron chi connectivity index (χ3n) is 4.97. The second-order valence-corrected chi connectivity index (χ2v) is 7.25. The predicted octanol–water partition coefficient (Wildman–Crippen LogP) is 3.14. The molecule has 0 radical (unpaired) electrons. The van der Waals surface area contributed by atoms with Crippen molar-refractivity contribution in [3.05, 3.63) is 65.7 Å². The number of hydrogen-bond acceptors (Lipinski definition) is 6. The van der Waals surface area contributed by atoms with Crippen LogP contribution in [0.5, 0.6) is 0 Å². The van der Waals surface area contributed by atoms with Crippen LogP contribution >= 0.6 is 0 Å². The minimum atomic E-state index is -0.927. The van der Waals surface area contributed by atoms with Crippen molar-refractivity contribution in [3.63, 3.8) is 0 Å². The molecule has 0 atom stereocenters. The number of aliphatic carboxylic acids is 1. The lowest BCUT2D eigenvalue weighted by Gasteiger charge is -2.09. The van der Waals surface area contributed by atoms with E-state index in [4.69, 9.17) is 5.11 Å². The minimum Gasteiger partial charge on any atom is -0.481 e. The van der Waals surface area contributed by atoms with Crippen LogP contribution in [0.3, 0.4) is 0 Å². The highest BCUT2D eigenvalue weighted by molar-refractivity contribution is 5.80. The van der Waals surface area contributed by atoms with Gasteiger partial charge in [-0.1, -0.05) is 61.9 Å². The van der Waals surface area contributed by atoms with Gasteiger partial charge in [0.25, 0.3) is 0 Å². The molecule has 0 aliphatic rings. The van der Waals surface area contributed by atoms with E-state index < -0.39 is 5.97 Å². The Morgan fingerprint density at radius 2 is 1.87 bits per heavy atom. The van der Waals surface area contributed by atoms with Crippen LogP contribution in [0.15, 0.2) is 48.5 Å². The highest BCUT2D eigenvalue weighted by Gasteiger charge is 2.14. The largest absolute Gasteiger partial charge is 0.481 e. The van der Waals surface area contributed by atoms with Gasteiger partial charge in [0.05, 0.1) is 6.54 Å². The quantitative estimate of drug-likeness (QED) is 0.429. The number of aromatic amines is 1. The highest BCUT2D eigenvalue weighted by atomic mass is 16.4. The summed E-state index contributed by atoms with van der Waals surface area (Å²) in [6.07, 6.45) is 2.63. The number of benzene rings is 2. The van der Waals surface area contributed by atoms with E-state index in [0.29, 0.717) is 18.2 Å². The van der Waals surface area contributed by atoms with Crippen molar-refractivity contribution in [1.29, 1.82) is 0 Å². The summed E-state index contributed by atoms with van der Waals surface area (Å²) in [6, 6.07) is 16.1. The molecular formula is C22H23N7O2. The first-order chi connectivity index (χ1) is 15.1. The van der Waals surface area contributed by atoms with E-state index in [1.165, 1.54) is 0 Å². The fraction of sp³-hybridized carbons (Fsp3) is 0.273. The van der Waals surface area contributed by atoms with Crippen molar-refractivity contribution in [3.8, 4) is 22.5 Å².